The van der Waals surface area contributed by atoms with Crippen molar-refractivity contribution in [2.24, 2.45) is 0 Å². The Morgan fingerprint density at radius 2 is 0.914 bits per heavy atom. The Hall–Kier alpha value is -8.03. The zero-order valence-electron chi connectivity index (χ0n) is 38.3. The van der Waals surface area contributed by atoms with Gasteiger partial charge in [-0.2, -0.15) is 15.0 Å². The molecule has 0 atom stereocenters. The van der Waals surface area contributed by atoms with Crippen LogP contribution >= 0.6 is 0 Å². The highest BCUT2D eigenvalue weighted by Crippen LogP contribution is 2.43. The van der Waals surface area contributed by atoms with Gasteiger partial charge in [0.1, 0.15) is 11.2 Å². The lowest BCUT2D eigenvalue weighted by Crippen LogP contribution is -2.11. The molecule has 13 rings (SSSR count). The topological polar surface area (TPSA) is 66.6 Å². The first-order chi connectivity index (χ1) is 32.1. The third-order valence-corrected chi connectivity index (χ3v) is 11.2. The second kappa shape index (κ2) is 11.7. The summed E-state index contributed by atoms with van der Waals surface area (Å²) in [6.45, 7) is 0. The first-order valence-electron chi connectivity index (χ1n) is 22.8. The number of benzene rings is 8. The highest BCUT2D eigenvalue weighted by molar-refractivity contribution is 6.24. The number of furan rings is 1. The van der Waals surface area contributed by atoms with Gasteiger partial charge < -0.3 is 8.98 Å². The van der Waals surface area contributed by atoms with Crippen LogP contribution in [0.1, 0.15) is 11.0 Å². The van der Waals surface area contributed by atoms with E-state index < -0.39 is 48.3 Å². The van der Waals surface area contributed by atoms with E-state index >= 15 is 0 Å². The molecule has 8 aromatic carbocycles. The Morgan fingerprint density at radius 1 is 0.397 bits per heavy atom. The standard InChI is InChI=1S/C51H30N6O/c1-9-23-40-31(15-1)32-16-2-10-24-41(32)56(40)50-52-49(53-51(54-50)57-42-25-11-3-17-33(42)34-18-4-12-26-43(34)57)37-20-6-13-27-44(37)55-39-22-8-5-19-35(39)36-29-30-46-47(48(36)55)38-21-7-14-28-45(38)58-46/h1-30H/i1D,2D,9D,10D,15D,16D,23D,24D. The maximum Gasteiger partial charge on any atom is 0.240 e. The van der Waals surface area contributed by atoms with E-state index in [-0.39, 0.29) is 39.5 Å². The van der Waals surface area contributed by atoms with Crippen LogP contribution in [0.4, 0.5) is 0 Å². The minimum Gasteiger partial charge on any atom is -0.456 e. The molecule has 7 nitrogen and oxygen atoms in total. The van der Waals surface area contributed by atoms with Crippen LogP contribution in [-0.4, -0.2) is 28.7 Å². The summed E-state index contributed by atoms with van der Waals surface area (Å²) in [7, 11) is 0. The van der Waals surface area contributed by atoms with Crippen LogP contribution in [0.3, 0.4) is 0 Å². The summed E-state index contributed by atoms with van der Waals surface area (Å²) >= 11 is 0. The molecule has 5 heterocycles. The lowest BCUT2D eigenvalue weighted by molar-refractivity contribution is 0.669. The molecule has 0 bridgehead atoms. The Kier molecular flexibility index (Phi) is 4.95. The van der Waals surface area contributed by atoms with Crippen molar-refractivity contribution in [1.29, 1.82) is 0 Å². The van der Waals surface area contributed by atoms with E-state index in [0.717, 1.165) is 71.2 Å². The maximum atomic E-state index is 9.30. The lowest BCUT2D eigenvalue weighted by atomic mass is 10.1. The molecule has 0 aliphatic carbocycles. The van der Waals surface area contributed by atoms with Crippen molar-refractivity contribution in [2.45, 2.75) is 0 Å². The van der Waals surface area contributed by atoms with Gasteiger partial charge in [-0.3, -0.25) is 9.13 Å². The number of nitrogens with zero attached hydrogens (tertiary/aromatic N) is 6. The van der Waals surface area contributed by atoms with Crippen LogP contribution < -0.4 is 0 Å². The van der Waals surface area contributed by atoms with Gasteiger partial charge in [0.05, 0.1) is 55.1 Å². The quantitative estimate of drug-likeness (QED) is 0.180. The van der Waals surface area contributed by atoms with Gasteiger partial charge in [0.2, 0.25) is 11.9 Å². The van der Waals surface area contributed by atoms with Gasteiger partial charge in [0, 0.05) is 43.3 Å². The monoisotopic (exact) mass is 750 g/mol. The Labute approximate surface area is 341 Å². The van der Waals surface area contributed by atoms with Crippen LogP contribution in [-0.2, 0) is 0 Å². The van der Waals surface area contributed by atoms with Crippen molar-refractivity contribution in [3.05, 3.63) is 182 Å². The fourth-order valence-electron chi connectivity index (χ4n) is 8.81. The van der Waals surface area contributed by atoms with E-state index in [9.17, 15) is 2.74 Å². The van der Waals surface area contributed by atoms with Gasteiger partial charge in [0.25, 0.3) is 0 Å². The number of para-hydroxylation sites is 7. The summed E-state index contributed by atoms with van der Waals surface area (Å²) in [5.41, 5.74) is 6.00. The highest BCUT2D eigenvalue weighted by atomic mass is 16.3. The van der Waals surface area contributed by atoms with Gasteiger partial charge in [0.15, 0.2) is 5.82 Å². The average molecular weight is 751 g/mol. The number of hydrogen-bond acceptors (Lipinski definition) is 4. The van der Waals surface area contributed by atoms with E-state index in [1.807, 2.05) is 114 Å². The Bertz CT molecular complexity index is 4170. The molecule has 58 heavy (non-hydrogen) atoms. The number of rotatable bonds is 4. The largest absolute Gasteiger partial charge is 0.456 e. The van der Waals surface area contributed by atoms with Crippen molar-refractivity contribution in [1.82, 2.24) is 28.7 Å². The molecule has 0 fully saturated rings. The fraction of sp³-hybridized carbons (Fsp3) is 0. The number of fused-ring (bicyclic) bond motifs is 13. The SMILES string of the molecule is [2H]c1c([2H])c([2H])c2c(c1[2H])c1c([2H])c([2H])c([2H])c([2H])c1n2-c1nc(-c2ccccc2-n2c3ccccc3c3ccc4oc5ccccc5c4c32)nc(-n2c3ccccc3c3ccccc32)n1. The van der Waals surface area contributed by atoms with Gasteiger partial charge >= 0.3 is 0 Å². The van der Waals surface area contributed by atoms with Crippen molar-refractivity contribution in [3.8, 4) is 29.0 Å². The summed E-state index contributed by atoms with van der Waals surface area (Å²) in [5.74, 6) is 0.246. The normalized spacial score (nSPS) is 14.1. The molecule has 0 saturated heterocycles. The van der Waals surface area contributed by atoms with Gasteiger partial charge in [-0.25, -0.2) is 0 Å². The van der Waals surface area contributed by atoms with E-state index in [1.165, 1.54) is 4.57 Å². The summed E-state index contributed by atoms with van der Waals surface area (Å²) in [6.07, 6.45) is 0. The molecule has 0 spiro atoms. The molecule has 0 aliphatic rings. The summed E-state index contributed by atoms with van der Waals surface area (Å²) in [5, 5.41) is 5.65. The molecule has 0 radical (unpaired) electrons. The molecule has 0 aliphatic heterocycles. The second-order valence-electron chi connectivity index (χ2n) is 14.2. The molecule has 7 heteroatoms. The predicted octanol–water partition coefficient (Wildman–Crippen LogP) is 12.7. The molecule has 5 aromatic heterocycles. The first kappa shape index (κ1) is 24.5. The average Bonchev–Trinajstić information content (AvgIpc) is 4.10. The van der Waals surface area contributed by atoms with Gasteiger partial charge in [-0.1, -0.05) is 121 Å². The summed E-state index contributed by atoms with van der Waals surface area (Å²) in [6, 6.07) is 39.8. The fourth-order valence-corrected chi connectivity index (χ4v) is 8.81. The van der Waals surface area contributed by atoms with Crippen LogP contribution in [0.15, 0.2) is 186 Å². The van der Waals surface area contributed by atoms with Crippen LogP contribution in [0.25, 0.3) is 116 Å². The zero-order chi connectivity index (χ0) is 44.9. The highest BCUT2D eigenvalue weighted by Gasteiger charge is 2.24. The maximum absolute atomic E-state index is 9.30. The van der Waals surface area contributed by atoms with E-state index in [4.69, 9.17) is 27.6 Å². The van der Waals surface area contributed by atoms with E-state index in [1.54, 1.807) is 0 Å². The van der Waals surface area contributed by atoms with Crippen molar-refractivity contribution in [3.63, 3.8) is 0 Å². The summed E-state index contributed by atoms with van der Waals surface area (Å²) in [4.78, 5) is 15.6. The third-order valence-electron chi connectivity index (χ3n) is 11.2. The van der Waals surface area contributed by atoms with E-state index in [2.05, 4.69) is 28.8 Å². The second-order valence-corrected chi connectivity index (χ2v) is 14.2. The molecule has 13 aromatic rings. The minimum absolute atomic E-state index is 0.0783. The first-order valence-corrected chi connectivity index (χ1v) is 18.8. The molecule has 0 amide bonds. The minimum atomic E-state index is -0.543. The van der Waals surface area contributed by atoms with Crippen LogP contribution in [0.2, 0.25) is 0 Å². The van der Waals surface area contributed by atoms with Crippen molar-refractivity contribution in [2.75, 3.05) is 0 Å². The zero-order valence-corrected chi connectivity index (χ0v) is 30.3. The smallest absolute Gasteiger partial charge is 0.240 e. The van der Waals surface area contributed by atoms with Crippen LogP contribution in [0.5, 0.6) is 0 Å². The number of hydrogen-bond donors (Lipinski definition) is 0. The van der Waals surface area contributed by atoms with Gasteiger partial charge in [-0.15, -0.1) is 0 Å². The third kappa shape index (κ3) is 4.24. The molecule has 0 N–H and O–H groups in total. The number of aromatic nitrogens is 6. The van der Waals surface area contributed by atoms with Crippen molar-refractivity contribution >= 4 is 87.4 Å². The predicted molar refractivity (Wildman–Crippen MR) is 236 cm³/mol. The van der Waals surface area contributed by atoms with Crippen molar-refractivity contribution < 1.29 is 15.4 Å². The summed E-state index contributed by atoms with van der Waals surface area (Å²) < 4.78 is 83.6. The molecular formula is C51H30N6O. The molecule has 0 saturated carbocycles. The molecule has 0 unspecified atom stereocenters. The Morgan fingerprint density at radius 3 is 1.59 bits per heavy atom. The Balaban J connectivity index is 1.21. The molecular weight excluding hydrogens is 713 g/mol. The van der Waals surface area contributed by atoms with E-state index in [0.29, 0.717) is 5.56 Å². The van der Waals surface area contributed by atoms with Gasteiger partial charge in [-0.05, 0) is 60.6 Å². The molecule has 270 valence electrons. The van der Waals surface area contributed by atoms with Crippen LogP contribution in [0, 0.1) is 0 Å². The lowest BCUT2D eigenvalue weighted by Gasteiger charge is -2.16.